The minimum Gasteiger partial charge on any atom is -0.365 e. The van der Waals surface area contributed by atoms with Gasteiger partial charge in [-0.25, -0.2) is 8.42 Å². The average Bonchev–Trinajstić information content (AvgIpc) is 2.71. The molecule has 0 amide bonds. The zero-order valence-electron chi connectivity index (χ0n) is 13.4. The fourth-order valence-corrected chi connectivity index (χ4v) is 4.89. The fourth-order valence-electron chi connectivity index (χ4n) is 2.94. The average molecular weight is 358 g/mol. The van der Waals surface area contributed by atoms with Crippen molar-refractivity contribution < 1.29 is 13.3 Å². The number of para-hydroxylation sites is 1. The van der Waals surface area contributed by atoms with Gasteiger partial charge >= 0.3 is 5.69 Å². The van der Waals surface area contributed by atoms with Crippen molar-refractivity contribution in [3.63, 3.8) is 0 Å². The summed E-state index contributed by atoms with van der Waals surface area (Å²) < 4.78 is 23.8. The van der Waals surface area contributed by atoms with Gasteiger partial charge in [0.25, 0.3) is 0 Å². The van der Waals surface area contributed by atoms with Gasteiger partial charge in [0, 0.05) is 24.6 Å². The van der Waals surface area contributed by atoms with Crippen molar-refractivity contribution in [3.05, 3.63) is 28.3 Å². The Hall–Kier alpha value is -1.28. The smallest absolute Gasteiger partial charge is 0.311 e. The van der Waals surface area contributed by atoms with Crippen LogP contribution in [-0.4, -0.2) is 43.7 Å². The van der Waals surface area contributed by atoms with E-state index in [2.05, 4.69) is 6.92 Å². The summed E-state index contributed by atoms with van der Waals surface area (Å²) in [5.41, 5.74) is 0.124. The van der Waals surface area contributed by atoms with Crippen LogP contribution in [-0.2, 0) is 9.84 Å². The zero-order chi connectivity index (χ0) is 17.0. The van der Waals surface area contributed by atoms with E-state index in [9.17, 15) is 18.5 Å². The molecule has 6 nitrogen and oxygen atoms in total. The van der Waals surface area contributed by atoms with E-state index in [4.69, 9.17) is 0 Å². The number of thioether (sulfide) groups is 1. The molecule has 0 aliphatic carbocycles. The summed E-state index contributed by atoms with van der Waals surface area (Å²) in [5.74, 6) is 1.00. The zero-order valence-corrected chi connectivity index (χ0v) is 15.0. The topological polar surface area (TPSA) is 80.5 Å². The number of hydrogen-bond acceptors (Lipinski definition) is 6. The van der Waals surface area contributed by atoms with E-state index in [1.165, 1.54) is 6.07 Å². The van der Waals surface area contributed by atoms with Crippen molar-refractivity contribution in [2.24, 2.45) is 0 Å². The van der Waals surface area contributed by atoms with Crippen LogP contribution in [0, 0.1) is 10.1 Å². The van der Waals surface area contributed by atoms with Crippen LogP contribution in [0.2, 0.25) is 0 Å². The Morgan fingerprint density at radius 2 is 2.13 bits per heavy atom. The molecule has 0 bridgehead atoms. The molecule has 1 fully saturated rings. The molecule has 1 heterocycles. The monoisotopic (exact) mass is 358 g/mol. The largest absolute Gasteiger partial charge is 0.365 e. The highest BCUT2D eigenvalue weighted by Gasteiger charge is 2.30. The molecule has 0 spiro atoms. The number of nitrogens with zero attached hydrogens (tertiary/aromatic N) is 2. The normalized spacial score (nSPS) is 19.4. The number of nitro benzene ring substituents is 1. The van der Waals surface area contributed by atoms with Crippen LogP contribution in [0.3, 0.4) is 0 Å². The second-order valence-electron chi connectivity index (χ2n) is 5.67. The molecule has 2 rings (SSSR count). The highest BCUT2D eigenvalue weighted by atomic mass is 32.2. The van der Waals surface area contributed by atoms with Crippen molar-refractivity contribution in [2.75, 3.05) is 30.0 Å². The molecule has 23 heavy (non-hydrogen) atoms. The minimum atomic E-state index is -3.65. The van der Waals surface area contributed by atoms with Crippen LogP contribution in [0.25, 0.3) is 0 Å². The maximum absolute atomic E-state index is 11.9. The van der Waals surface area contributed by atoms with Gasteiger partial charge in [-0.3, -0.25) is 10.1 Å². The molecule has 0 saturated carbocycles. The van der Waals surface area contributed by atoms with Crippen molar-refractivity contribution >= 4 is 33.0 Å². The van der Waals surface area contributed by atoms with Crippen LogP contribution in [0.1, 0.15) is 26.2 Å². The number of hydrogen-bond donors (Lipinski definition) is 0. The van der Waals surface area contributed by atoms with Crippen molar-refractivity contribution in [3.8, 4) is 0 Å². The predicted octanol–water partition coefficient (Wildman–Crippen LogP) is 3.11. The molecular weight excluding hydrogens is 336 g/mol. The molecule has 0 N–H and O–H groups in total. The lowest BCUT2D eigenvalue weighted by atomic mass is 10.2. The lowest BCUT2D eigenvalue weighted by molar-refractivity contribution is -0.387. The molecule has 1 atom stereocenters. The first kappa shape index (κ1) is 18.1. The number of benzene rings is 1. The van der Waals surface area contributed by atoms with Gasteiger partial charge in [0.15, 0.2) is 9.84 Å². The quantitative estimate of drug-likeness (QED) is 0.594. The Morgan fingerprint density at radius 1 is 1.39 bits per heavy atom. The van der Waals surface area contributed by atoms with Crippen LogP contribution in [0.5, 0.6) is 0 Å². The van der Waals surface area contributed by atoms with Gasteiger partial charge in [0.1, 0.15) is 10.6 Å². The van der Waals surface area contributed by atoms with E-state index < -0.39 is 14.8 Å². The first-order valence-electron chi connectivity index (χ1n) is 7.68. The SMILES string of the molecule is CCSC1CCCCN(c2cccc(S(C)(=O)=O)c2[N+](=O)[O-])C1. The van der Waals surface area contributed by atoms with Gasteiger partial charge in [-0.05, 0) is 30.7 Å². The van der Waals surface area contributed by atoms with Gasteiger partial charge in [-0.2, -0.15) is 11.8 Å². The summed E-state index contributed by atoms with van der Waals surface area (Å²) in [5, 5.41) is 12.0. The van der Waals surface area contributed by atoms with Crippen molar-refractivity contribution in [2.45, 2.75) is 36.3 Å². The van der Waals surface area contributed by atoms with E-state index in [1.54, 1.807) is 12.1 Å². The third-order valence-corrected chi connectivity index (χ3v) is 6.25. The summed E-state index contributed by atoms with van der Waals surface area (Å²) >= 11 is 1.86. The first-order chi connectivity index (χ1) is 10.8. The Labute approximate surface area is 141 Å². The minimum absolute atomic E-state index is 0.205. The maximum atomic E-state index is 11.9. The summed E-state index contributed by atoms with van der Waals surface area (Å²) in [7, 11) is -3.65. The molecule has 128 valence electrons. The molecule has 1 aromatic rings. The second-order valence-corrected chi connectivity index (χ2v) is 9.23. The van der Waals surface area contributed by atoms with Gasteiger partial charge in [-0.15, -0.1) is 0 Å². The van der Waals surface area contributed by atoms with Crippen molar-refractivity contribution in [1.29, 1.82) is 0 Å². The molecular formula is C15H22N2O4S2. The number of anilines is 1. The van der Waals surface area contributed by atoms with E-state index in [0.717, 1.165) is 37.8 Å². The Bertz CT molecular complexity index is 676. The molecule has 1 aromatic carbocycles. The lowest BCUT2D eigenvalue weighted by Crippen LogP contribution is -2.30. The lowest BCUT2D eigenvalue weighted by Gasteiger charge is -2.26. The fraction of sp³-hybridized carbons (Fsp3) is 0.600. The first-order valence-corrected chi connectivity index (χ1v) is 10.6. The number of nitro groups is 1. The van der Waals surface area contributed by atoms with Gasteiger partial charge in [0.05, 0.1) is 4.92 Å². The number of sulfone groups is 1. The Kier molecular flexibility index (Phi) is 5.91. The number of rotatable bonds is 5. The van der Waals surface area contributed by atoms with E-state index in [-0.39, 0.29) is 10.6 Å². The molecule has 1 unspecified atom stereocenters. The maximum Gasteiger partial charge on any atom is 0.311 e. The van der Waals surface area contributed by atoms with Crippen molar-refractivity contribution in [1.82, 2.24) is 0 Å². The molecule has 1 aliphatic rings. The Balaban J connectivity index is 2.47. The molecule has 1 saturated heterocycles. The molecule has 0 radical (unpaired) electrons. The Morgan fingerprint density at radius 3 is 2.74 bits per heavy atom. The predicted molar refractivity (Wildman–Crippen MR) is 94.2 cm³/mol. The van der Waals surface area contributed by atoms with Crippen LogP contribution in [0.15, 0.2) is 23.1 Å². The summed E-state index contributed by atoms with van der Waals surface area (Å²) in [6.07, 6.45) is 4.15. The third-order valence-electron chi connectivity index (χ3n) is 3.93. The molecule has 8 heteroatoms. The standard InChI is InChI=1S/C15H22N2O4S2/c1-3-22-12-7-4-5-10-16(11-12)13-8-6-9-14(23(2,20)21)15(13)17(18)19/h6,8-9,12H,3-5,7,10-11H2,1-2H3. The third kappa shape index (κ3) is 4.38. The summed E-state index contributed by atoms with van der Waals surface area (Å²) in [6.45, 7) is 3.54. The van der Waals surface area contributed by atoms with Gasteiger partial charge in [-0.1, -0.05) is 19.4 Å². The van der Waals surface area contributed by atoms with Gasteiger partial charge in [0.2, 0.25) is 0 Å². The van der Waals surface area contributed by atoms with E-state index in [0.29, 0.717) is 17.5 Å². The highest BCUT2D eigenvalue weighted by molar-refractivity contribution is 7.99. The van der Waals surface area contributed by atoms with Gasteiger partial charge < -0.3 is 4.90 Å². The highest BCUT2D eigenvalue weighted by Crippen LogP contribution is 2.36. The molecule has 1 aliphatic heterocycles. The summed E-state index contributed by atoms with van der Waals surface area (Å²) in [6, 6.07) is 4.56. The summed E-state index contributed by atoms with van der Waals surface area (Å²) in [4.78, 5) is 12.7. The van der Waals surface area contributed by atoms with Crippen LogP contribution < -0.4 is 4.90 Å². The van der Waals surface area contributed by atoms with E-state index >= 15 is 0 Å². The molecule has 0 aromatic heterocycles. The van der Waals surface area contributed by atoms with Crippen LogP contribution >= 0.6 is 11.8 Å². The second kappa shape index (κ2) is 7.53. The van der Waals surface area contributed by atoms with Crippen LogP contribution in [0.4, 0.5) is 11.4 Å². The van der Waals surface area contributed by atoms with E-state index in [1.807, 2.05) is 16.7 Å².